The minimum absolute atomic E-state index is 0.153. The topological polar surface area (TPSA) is 68.5 Å². The lowest BCUT2D eigenvalue weighted by Gasteiger charge is -2.06. The SMILES string of the molecule is COc1ccc2oc(-c3ccc(NC(=O)/C=C/c4ccc(Cl)cc4)cc3)cc(=O)c2c1. The van der Waals surface area contributed by atoms with Gasteiger partial charge in [-0.15, -0.1) is 0 Å². The number of anilines is 1. The van der Waals surface area contributed by atoms with E-state index in [2.05, 4.69) is 5.32 Å². The number of methoxy groups -OCH3 is 1. The molecular weight excluding hydrogens is 414 g/mol. The van der Waals surface area contributed by atoms with E-state index in [0.717, 1.165) is 11.1 Å². The van der Waals surface area contributed by atoms with E-state index in [-0.39, 0.29) is 11.3 Å². The predicted molar refractivity (Wildman–Crippen MR) is 124 cm³/mol. The van der Waals surface area contributed by atoms with Gasteiger partial charge >= 0.3 is 0 Å². The third-order valence-electron chi connectivity index (χ3n) is 4.67. The van der Waals surface area contributed by atoms with Crippen molar-refractivity contribution in [1.29, 1.82) is 0 Å². The average Bonchev–Trinajstić information content (AvgIpc) is 2.79. The quantitative estimate of drug-likeness (QED) is 0.407. The second-order valence-corrected chi connectivity index (χ2v) is 7.22. The highest BCUT2D eigenvalue weighted by Crippen LogP contribution is 2.25. The zero-order valence-electron chi connectivity index (χ0n) is 16.6. The van der Waals surface area contributed by atoms with E-state index in [4.69, 9.17) is 20.8 Å². The Bertz CT molecular complexity index is 1320. The van der Waals surface area contributed by atoms with Gasteiger partial charge in [0, 0.05) is 28.4 Å². The first-order valence-electron chi connectivity index (χ1n) is 9.49. The number of fused-ring (bicyclic) bond motifs is 1. The van der Waals surface area contributed by atoms with Crippen LogP contribution in [0, 0.1) is 0 Å². The molecule has 0 aliphatic carbocycles. The van der Waals surface area contributed by atoms with Gasteiger partial charge in [-0.3, -0.25) is 9.59 Å². The molecule has 0 aliphatic rings. The van der Waals surface area contributed by atoms with E-state index in [0.29, 0.717) is 33.2 Å². The summed E-state index contributed by atoms with van der Waals surface area (Å²) in [5, 5.41) is 3.90. The van der Waals surface area contributed by atoms with Crippen molar-refractivity contribution in [2.24, 2.45) is 0 Å². The Morgan fingerprint density at radius 3 is 2.45 bits per heavy atom. The van der Waals surface area contributed by atoms with Gasteiger partial charge in [0.05, 0.1) is 12.5 Å². The number of hydrogen-bond acceptors (Lipinski definition) is 4. The van der Waals surface area contributed by atoms with Crippen LogP contribution in [-0.4, -0.2) is 13.0 Å². The zero-order valence-corrected chi connectivity index (χ0v) is 17.3. The normalized spacial score (nSPS) is 11.0. The van der Waals surface area contributed by atoms with Gasteiger partial charge in [0.2, 0.25) is 5.91 Å². The lowest BCUT2D eigenvalue weighted by molar-refractivity contribution is -0.111. The molecule has 0 saturated carbocycles. The van der Waals surface area contributed by atoms with Crippen molar-refractivity contribution in [3.8, 4) is 17.1 Å². The Kier molecular flexibility index (Phi) is 5.87. The first-order valence-corrected chi connectivity index (χ1v) is 9.86. The first kappa shape index (κ1) is 20.4. The summed E-state index contributed by atoms with van der Waals surface area (Å²) in [6, 6.07) is 20.8. The van der Waals surface area contributed by atoms with Crippen LogP contribution < -0.4 is 15.5 Å². The fraction of sp³-hybridized carbons (Fsp3) is 0.0400. The summed E-state index contributed by atoms with van der Waals surface area (Å²) in [5.41, 5.74) is 2.55. The number of ether oxygens (including phenoxy) is 1. The summed E-state index contributed by atoms with van der Waals surface area (Å²) in [4.78, 5) is 24.6. The van der Waals surface area contributed by atoms with E-state index in [1.165, 1.54) is 12.1 Å². The summed E-state index contributed by atoms with van der Waals surface area (Å²) in [7, 11) is 1.55. The predicted octanol–water partition coefficient (Wildman–Crippen LogP) is 5.77. The van der Waals surface area contributed by atoms with E-state index in [1.807, 2.05) is 12.1 Å². The number of hydrogen-bond donors (Lipinski definition) is 1. The minimum Gasteiger partial charge on any atom is -0.497 e. The van der Waals surface area contributed by atoms with Crippen LogP contribution >= 0.6 is 11.6 Å². The summed E-state index contributed by atoms with van der Waals surface area (Å²) < 4.78 is 11.0. The number of carbonyl (C=O) groups is 1. The Morgan fingerprint density at radius 2 is 1.74 bits per heavy atom. The molecule has 4 rings (SSSR count). The molecule has 0 aliphatic heterocycles. The van der Waals surface area contributed by atoms with Crippen molar-refractivity contribution in [1.82, 2.24) is 0 Å². The van der Waals surface area contributed by atoms with Crippen LogP contribution in [0.4, 0.5) is 5.69 Å². The minimum atomic E-state index is -0.256. The molecule has 1 aromatic heterocycles. The van der Waals surface area contributed by atoms with Crippen LogP contribution in [0.3, 0.4) is 0 Å². The fourth-order valence-electron chi connectivity index (χ4n) is 3.05. The van der Waals surface area contributed by atoms with Crippen LogP contribution in [0.15, 0.2) is 88.1 Å². The van der Waals surface area contributed by atoms with E-state index in [9.17, 15) is 9.59 Å². The summed E-state index contributed by atoms with van der Waals surface area (Å²) >= 11 is 5.86. The van der Waals surface area contributed by atoms with Crippen molar-refractivity contribution >= 4 is 40.2 Å². The number of benzene rings is 3. The van der Waals surface area contributed by atoms with Gasteiger partial charge in [-0.05, 0) is 66.2 Å². The van der Waals surface area contributed by atoms with Gasteiger partial charge in [0.15, 0.2) is 5.43 Å². The molecule has 31 heavy (non-hydrogen) atoms. The number of halogens is 1. The monoisotopic (exact) mass is 431 g/mol. The lowest BCUT2D eigenvalue weighted by Crippen LogP contribution is -2.07. The highest BCUT2D eigenvalue weighted by molar-refractivity contribution is 6.30. The van der Waals surface area contributed by atoms with Gasteiger partial charge in [-0.1, -0.05) is 23.7 Å². The van der Waals surface area contributed by atoms with Crippen molar-refractivity contribution in [3.05, 3.63) is 99.7 Å². The summed E-state index contributed by atoms with van der Waals surface area (Å²) in [5.74, 6) is 0.787. The molecule has 4 aromatic rings. The van der Waals surface area contributed by atoms with E-state index in [1.54, 1.807) is 67.8 Å². The van der Waals surface area contributed by atoms with Gasteiger partial charge in [0.25, 0.3) is 0 Å². The Morgan fingerprint density at radius 1 is 1.00 bits per heavy atom. The molecule has 154 valence electrons. The van der Waals surface area contributed by atoms with Crippen molar-refractivity contribution in [3.63, 3.8) is 0 Å². The highest BCUT2D eigenvalue weighted by atomic mass is 35.5. The molecule has 1 N–H and O–H groups in total. The smallest absolute Gasteiger partial charge is 0.248 e. The van der Waals surface area contributed by atoms with Crippen molar-refractivity contribution in [2.45, 2.75) is 0 Å². The van der Waals surface area contributed by atoms with Gasteiger partial charge < -0.3 is 14.5 Å². The Hall–Kier alpha value is -3.83. The maximum atomic E-state index is 12.5. The number of nitrogens with one attached hydrogen (secondary N) is 1. The van der Waals surface area contributed by atoms with Crippen LogP contribution in [0.1, 0.15) is 5.56 Å². The highest BCUT2D eigenvalue weighted by Gasteiger charge is 2.08. The molecule has 0 bridgehead atoms. The second kappa shape index (κ2) is 8.90. The molecule has 0 spiro atoms. The molecule has 5 nitrogen and oxygen atoms in total. The third kappa shape index (κ3) is 4.85. The molecular formula is C25H18ClNO4. The Balaban J connectivity index is 1.49. The largest absolute Gasteiger partial charge is 0.497 e. The molecule has 1 amide bonds. The first-order chi connectivity index (χ1) is 15.0. The number of carbonyl (C=O) groups excluding carboxylic acids is 1. The van der Waals surface area contributed by atoms with Gasteiger partial charge in [-0.2, -0.15) is 0 Å². The van der Waals surface area contributed by atoms with Crippen molar-refractivity contribution in [2.75, 3.05) is 12.4 Å². The van der Waals surface area contributed by atoms with E-state index < -0.39 is 0 Å². The third-order valence-corrected chi connectivity index (χ3v) is 4.92. The summed E-state index contributed by atoms with van der Waals surface area (Å²) in [6.07, 6.45) is 3.16. The van der Waals surface area contributed by atoms with Gasteiger partial charge in [-0.25, -0.2) is 0 Å². The molecule has 1 heterocycles. The molecule has 6 heteroatoms. The lowest BCUT2D eigenvalue weighted by atomic mass is 10.1. The van der Waals surface area contributed by atoms with Crippen LogP contribution in [0.25, 0.3) is 28.4 Å². The van der Waals surface area contributed by atoms with E-state index >= 15 is 0 Å². The molecule has 3 aromatic carbocycles. The average molecular weight is 432 g/mol. The number of rotatable bonds is 5. The fourth-order valence-corrected chi connectivity index (χ4v) is 3.18. The number of amides is 1. The summed E-state index contributed by atoms with van der Waals surface area (Å²) in [6.45, 7) is 0. The van der Waals surface area contributed by atoms with Crippen molar-refractivity contribution < 1.29 is 13.9 Å². The molecule has 0 unspecified atom stereocenters. The maximum Gasteiger partial charge on any atom is 0.248 e. The zero-order chi connectivity index (χ0) is 21.8. The molecule has 0 radical (unpaired) electrons. The Labute approximate surface area is 183 Å². The standard InChI is InChI=1S/C25H18ClNO4/c1-30-20-11-12-23-21(14-20)22(28)15-24(31-23)17-5-9-19(10-6-17)27-25(29)13-4-16-2-7-18(26)8-3-16/h2-15H,1H3,(H,27,29)/b13-4+. The maximum absolute atomic E-state index is 12.5. The second-order valence-electron chi connectivity index (χ2n) is 6.79. The molecule has 0 atom stereocenters. The van der Waals surface area contributed by atoms with Crippen LogP contribution in [-0.2, 0) is 4.79 Å². The molecule has 0 saturated heterocycles. The van der Waals surface area contributed by atoms with Crippen LogP contribution in [0.5, 0.6) is 5.75 Å². The van der Waals surface area contributed by atoms with Crippen LogP contribution in [0.2, 0.25) is 5.02 Å². The molecule has 0 fully saturated rings. The van der Waals surface area contributed by atoms with Gasteiger partial charge in [0.1, 0.15) is 17.1 Å².